The average Bonchev–Trinajstić information content (AvgIpc) is 2.57. The van der Waals surface area contributed by atoms with E-state index in [-0.39, 0.29) is 23.7 Å². The van der Waals surface area contributed by atoms with Gasteiger partial charge in [0.1, 0.15) is 5.78 Å². The summed E-state index contributed by atoms with van der Waals surface area (Å²) in [5.74, 6) is 0.411. The maximum Gasteiger partial charge on any atom is 0.314 e. The minimum Gasteiger partial charge on any atom is -0.490 e. The molecule has 5 nitrogen and oxygen atoms in total. The van der Waals surface area contributed by atoms with Crippen molar-refractivity contribution >= 4 is 27.7 Å². The summed E-state index contributed by atoms with van der Waals surface area (Å²) in [7, 11) is 0. The van der Waals surface area contributed by atoms with Crippen molar-refractivity contribution in [2.45, 2.75) is 39.0 Å². The maximum absolute atomic E-state index is 12.7. The SMILES string of the molecule is CCOc1cc(C#N)cc(Br)c1OC(=O)C1CC2CCCC(C1)C2=O. The number of carbonyl (C=O) groups is 2. The van der Waals surface area contributed by atoms with Crippen LogP contribution in [0.15, 0.2) is 16.6 Å². The molecule has 0 aromatic heterocycles. The van der Waals surface area contributed by atoms with E-state index in [2.05, 4.69) is 22.0 Å². The van der Waals surface area contributed by atoms with Gasteiger partial charge in [-0.15, -0.1) is 0 Å². The Bertz CT molecular complexity index is 724. The summed E-state index contributed by atoms with van der Waals surface area (Å²) >= 11 is 3.36. The van der Waals surface area contributed by atoms with Gasteiger partial charge in [-0.3, -0.25) is 9.59 Å². The molecular formula is C19H20BrNO4. The van der Waals surface area contributed by atoms with Crippen LogP contribution in [0.2, 0.25) is 0 Å². The molecule has 0 aliphatic heterocycles. The van der Waals surface area contributed by atoms with Crippen molar-refractivity contribution < 1.29 is 19.1 Å². The second kappa shape index (κ2) is 7.57. The van der Waals surface area contributed by atoms with Crippen molar-refractivity contribution in [2.24, 2.45) is 17.8 Å². The summed E-state index contributed by atoms with van der Waals surface area (Å²) < 4.78 is 11.7. The zero-order valence-corrected chi connectivity index (χ0v) is 15.7. The minimum atomic E-state index is -0.323. The molecule has 0 N–H and O–H groups in total. The van der Waals surface area contributed by atoms with Gasteiger partial charge >= 0.3 is 5.97 Å². The largest absolute Gasteiger partial charge is 0.490 e. The molecular weight excluding hydrogens is 386 g/mol. The van der Waals surface area contributed by atoms with Gasteiger partial charge in [0.05, 0.1) is 28.6 Å². The lowest BCUT2D eigenvalue weighted by atomic mass is 9.67. The number of nitrogens with zero attached hydrogens (tertiary/aromatic N) is 1. The Morgan fingerprint density at radius 2 is 2.00 bits per heavy atom. The van der Waals surface area contributed by atoms with E-state index in [0.29, 0.717) is 46.8 Å². The number of carbonyl (C=O) groups excluding carboxylic acids is 2. The molecule has 0 spiro atoms. The van der Waals surface area contributed by atoms with Crippen molar-refractivity contribution in [2.75, 3.05) is 6.61 Å². The maximum atomic E-state index is 12.7. The van der Waals surface area contributed by atoms with Gasteiger partial charge in [0.25, 0.3) is 0 Å². The van der Waals surface area contributed by atoms with Gasteiger partial charge in [-0.1, -0.05) is 6.42 Å². The topological polar surface area (TPSA) is 76.4 Å². The summed E-state index contributed by atoms with van der Waals surface area (Å²) in [5, 5.41) is 9.08. The summed E-state index contributed by atoms with van der Waals surface area (Å²) in [6, 6.07) is 5.22. The monoisotopic (exact) mass is 405 g/mol. The molecule has 2 fully saturated rings. The highest BCUT2D eigenvalue weighted by Crippen LogP contribution is 2.42. The third-order valence-corrected chi connectivity index (χ3v) is 5.61. The van der Waals surface area contributed by atoms with E-state index in [4.69, 9.17) is 14.7 Å². The molecule has 1 aromatic rings. The van der Waals surface area contributed by atoms with Crippen LogP contribution >= 0.6 is 15.9 Å². The van der Waals surface area contributed by atoms with Crippen LogP contribution in [0, 0.1) is 29.1 Å². The molecule has 0 amide bonds. The van der Waals surface area contributed by atoms with Gasteiger partial charge in [-0.2, -0.15) is 5.26 Å². The van der Waals surface area contributed by atoms with Crippen molar-refractivity contribution in [3.8, 4) is 17.6 Å². The highest BCUT2D eigenvalue weighted by atomic mass is 79.9. The normalized spacial score (nSPS) is 25.2. The Morgan fingerprint density at radius 3 is 2.60 bits per heavy atom. The van der Waals surface area contributed by atoms with Crippen LogP contribution < -0.4 is 9.47 Å². The summed E-state index contributed by atoms with van der Waals surface area (Å²) in [4.78, 5) is 24.9. The van der Waals surface area contributed by atoms with Crippen molar-refractivity contribution in [1.82, 2.24) is 0 Å². The first-order valence-electron chi connectivity index (χ1n) is 8.65. The molecule has 0 saturated heterocycles. The fourth-order valence-corrected chi connectivity index (χ4v) is 4.37. The molecule has 2 unspecified atom stereocenters. The first-order valence-corrected chi connectivity index (χ1v) is 9.44. The van der Waals surface area contributed by atoms with E-state index >= 15 is 0 Å². The average molecular weight is 406 g/mol. The second-order valence-corrected chi connectivity index (χ2v) is 7.50. The van der Waals surface area contributed by atoms with Crippen LogP contribution in [0.1, 0.15) is 44.6 Å². The van der Waals surface area contributed by atoms with E-state index in [9.17, 15) is 9.59 Å². The van der Waals surface area contributed by atoms with Crippen LogP contribution in [0.3, 0.4) is 0 Å². The molecule has 0 radical (unpaired) electrons. The number of ether oxygens (including phenoxy) is 2. The van der Waals surface area contributed by atoms with E-state index in [0.717, 1.165) is 19.3 Å². The third kappa shape index (κ3) is 3.72. The molecule has 6 heteroatoms. The lowest BCUT2D eigenvalue weighted by Crippen LogP contribution is -2.40. The Balaban J connectivity index is 1.79. The first-order chi connectivity index (χ1) is 12.0. The lowest BCUT2D eigenvalue weighted by molar-refractivity contribution is -0.145. The number of halogens is 1. The number of hydrogen-bond acceptors (Lipinski definition) is 5. The highest BCUT2D eigenvalue weighted by Gasteiger charge is 2.42. The van der Waals surface area contributed by atoms with E-state index in [1.165, 1.54) is 0 Å². The summed E-state index contributed by atoms with van der Waals surface area (Å²) in [5.41, 5.74) is 0.424. The number of rotatable bonds is 4. The standard InChI is InChI=1S/C19H20BrNO4/c1-2-24-16-7-11(10-21)6-15(20)18(16)25-19(23)14-8-12-4-3-5-13(9-14)17(12)22/h6-7,12-14H,2-5,8-9H2,1H3. The van der Waals surface area contributed by atoms with E-state index in [1.54, 1.807) is 12.1 Å². The van der Waals surface area contributed by atoms with Gasteiger partial charge in [-0.25, -0.2) is 0 Å². The Hall–Kier alpha value is -1.87. The molecule has 0 heterocycles. The van der Waals surface area contributed by atoms with Gasteiger partial charge in [-0.05, 0) is 54.6 Å². The molecule has 25 heavy (non-hydrogen) atoms. The minimum absolute atomic E-state index is 0.000757. The number of fused-ring (bicyclic) bond motifs is 2. The third-order valence-electron chi connectivity index (χ3n) is 5.02. The molecule has 2 bridgehead atoms. The van der Waals surface area contributed by atoms with Crippen LogP contribution in [0.25, 0.3) is 0 Å². The Kier molecular flexibility index (Phi) is 5.43. The molecule has 2 saturated carbocycles. The Morgan fingerprint density at radius 1 is 1.32 bits per heavy atom. The molecule has 132 valence electrons. The number of ketones is 1. The molecule has 1 aromatic carbocycles. The van der Waals surface area contributed by atoms with Gasteiger partial charge < -0.3 is 9.47 Å². The molecule has 2 atom stereocenters. The lowest BCUT2D eigenvalue weighted by Gasteiger charge is -2.36. The fraction of sp³-hybridized carbons (Fsp3) is 0.526. The highest BCUT2D eigenvalue weighted by molar-refractivity contribution is 9.10. The summed E-state index contributed by atoms with van der Waals surface area (Å²) in [6.45, 7) is 2.22. The zero-order chi connectivity index (χ0) is 18.0. The summed E-state index contributed by atoms with van der Waals surface area (Å²) in [6.07, 6.45) is 3.98. The smallest absolute Gasteiger partial charge is 0.314 e. The van der Waals surface area contributed by atoms with Gasteiger partial charge in [0, 0.05) is 17.9 Å². The molecule has 2 aliphatic rings. The molecule has 3 rings (SSSR count). The van der Waals surface area contributed by atoms with Crippen molar-refractivity contribution in [1.29, 1.82) is 5.26 Å². The Labute approximate surface area is 155 Å². The predicted octanol–water partition coefficient (Wildman–Crippen LogP) is 4.02. The zero-order valence-electron chi connectivity index (χ0n) is 14.1. The van der Waals surface area contributed by atoms with Crippen LogP contribution in [0.4, 0.5) is 0 Å². The predicted molar refractivity (Wildman–Crippen MR) is 94.2 cm³/mol. The number of Topliss-reactive ketones (excluding diaryl/α,β-unsaturated/α-hetero) is 1. The van der Waals surface area contributed by atoms with Crippen LogP contribution in [0.5, 0.6) is 11.5 Å². The van der Waals surface area contributed by atoms with Crippen LogP contribution in [-0.4, -0.2) is 18.4 Å². The van der Waals surface area contributed by atoms with Crippen LogP contribution in [-0.2, 0) is 9.59 Å². The van der Waals surface area contributed by atoms with Gasteiger partial charge in [0.2, 0.25) is 0 Å². The van der Waals surface area contributed by atoms with Crippen molar-refractivity contribution in [3.05, 3.63) is 22.2 Å². The first kappa shape index (κ1) is 17.9. The molecule has 2 aliphatic carbocycles. The fourth-order valence-electron chi connectivity index (χ4n) is 3.85. The van der Waals surface area contributed by atoms with E-state index < -0.39 is 0 Å². The van der Waals surface area contributed by atoms with E-state index in [1.807, 2.05) is 6.92 Å². The number of esters is 1. The quantitative estimate of drug-likeness (QED) is 0.558. The number of nitriles is 1. The second-order valence-electron chi connectivity index (χ2n) is 6.65. The number of hydrogen-bond donors (Lipinski definition) is 0. The van der Waals surface area contributed by atoms with Gasteiger partial charge in [0.15, 0.2) is 11.5 Å². The number of benzene rings is 1. The van der Waals surface area contributed by atoms with Crippen molar-refractivity contribution in [3.63, 3.8) is 0 Å².